The molecule has 76 valence electrons. The van der Waals surface area contributed by atoms with Crippen molar-refractivity contribution in [2.45, 2.75) is 25.9 Å². The molecule has 1 nitrogen and oxygen atoms in total. The number of fused-ring (bicyclic) bond motifs is 1. The van der Waals surface area contributed by atoms with Crippen LogP contribution in [0.2, 0.25) is 5.02 Å². The summed E-state index contributed by atoms with van der Waals surface area (Å²) in [4.78, 5) is 0. The predicted molar refractivity (Wildman–Crippen MR) is 57.5 cm³/mol. The van der Waals surface area contributed by atoms with Gasteiger partial charge in [-0.05, 0) is 35.8 Å². The predicted octanol–water partition coefficient (Wildman–Crippen LogP) is 3.96. The highest BCUT2D eigenvalue weighted by atomic mass is 79.9. The third-order valence-corrected chi connectivity index (χ3v) is 3.43. The first-order valence-corrected chi connectivity index (χ1v) is 5.43. The van der Waals surface area contributed by atoms with Gasteiger partial charge in [0.05, 0.1) is 5.02 Å². The Balaban J connectivity index is 2.59. The largest absolute Gasteiger partial charge is 0.487 e. The van der Waals surface area contributed by atoms with Gasteiger partial charge in [-0.2, -0.15) is 0 Å². The zero-order chi connectivity index (χ0) is 10.5. The van der Waals surface area contributed by atoms with Crippen molar-refractivity contribution in [2.75, 3.05) is 0 Å². The molecule has 4 heteroatoms. The minimum atomic E-state index is -0.374. The van der Waals surface area contributed by atoms with Crippen molar-refractivity contribution >= 4 is 27.5 Å². The fourth-order valence-electron chi connectivity index (χ4n) is 1.63. The van der Waals surface area contributed by atoms with Crippen LogP contribution < -0.4 is 4.74 Å². The summed E-state index contributed by atoms with van der Waals surface area (Å²) in [6.07, 6.45) is 0.557. The molecular weight excluding hydrogens is 270 g/mol. The molecule has 0 aromatic heterocycles. The number of hydrogen-bond acceptors (Lipinski definition) is 1. The Morgan fingerprint density at radius 1 is 1.57 bits per heavy atom. The first-order chi connectivity index (χ1) is 6.41. The fraction of sp³-hybridized carbons (Fsp3) is 0.400. The van der Waals surface area contributed by atoms with Crippen LogP contribution in [0.1, 0.15) is 19.4 Å². The van der Waals surface area contributed by atoms with Gasteiger partial charge in [0.1, 0.15) is 17.2 Å². The van der Waals surface area contributed by atoms with E-state index in [1.165, 1.54) is 0 Å². The molecule has 1 aromatic rings. The number of rotatable bonds is 0. The first kappa shape index (κ1) is 10.2. The average Bonchev–Trinajstić information content (AvgIpc) is 2.37. The van der Waals surface area contributed by atoms with Crippen LogP contribution in [0.4, 0.5) is 4.39 Å². The van der Waals surface area contributed by atoms with Crippen LogP contribution in [0.3, 0.4) is 0 Å². The van der Waals surface area contributed by atoms with Crippen LogP contribution in [0, 0.1) is 5.82 Å². The molecule has 1 aromatic carbocycles. The monoisotopic (exact) mass is 278 g/mol. The van der Waals surface area contributed by atoms with Crippen molar-refractivity contribution in [3.63, 3.8) is 0 Å². The lowest BCUT2D eigenvalue weighted by molar-refractivity contribution is 0.138. The zero-order valence-electron chi connectivity index (χ0n) is 7.83. The van der Waals surface area contributed by atoms with Gasteiger partial charge in [0, 0.05) is 16.5 Å². The smallest absolute Gasteiger partial charge is 0.149 e. The number of benzene rings is 1. The number of hydrogen-bond donors (Lipinski definition) is 0. The van der Waals surface area contributed by atoms with E-state index in [9.17, 15) is 4.39 Å². The Morgan fingerprint density at radius 2 is 2.21 bits per heavy atom. The van der Waals surface area contributed by atoms with E-state index in [0.717, 1.165) is 0 Å². The van der Waals surface area contributed by atoms with E-state index >= 15 is 0 Å². The number of halogens is 3. The minimum absolute atomic E-state index is 0.130. The lowest BCUT2D eigenvalue weighted by atomic mass is 10.0. The van der Waals surface area contributed by atoms with Crippen LogP contribution in [0.25, 0.3) is 0 Å². The van der Waals surface area contributed by atoms with E-state index in [1.54, 1.807) is 6.07 Å². The van der Waals surface area contributed by atoms with Gasteiger partial charge in [0.15, 0.2) is 0 Å². The molecule has 0 N–H and O–H groups in total. The van der Waals surface area contributed by atoms with Crippen LogP contribution in [-0.4, -0.2) is 5.60 Å². The summed E-state index contributed by atoms with van der Waals surface area (Å²) < 4.78 is 19.8. The SMILES string of the molecule is CC1(C)Cc2c(cc(Br)c(Cl)c2F)O1. The molecule has 0 radical (unpaired) electrons. The molecule has 2 rings (SSSR count). The molecule has 0 atom stereocenters. The third kappa shape index (κ3) is 1.52. The third-order valence-electron chi connectivity index (χ3n) is 2.21. The normalized spacial score (nSPS) is 17.8. The van der Waals surface area contributed by atoms with Crippen LogP contribution >= 0.6 is 27.5 Å². The van der Waals surface area contributed by atoms with Crippen LogP contribution in [0.5, 0.6) is 5.75 Å². The molecule has 0 saturated carbocycles. The Morgan fingerprint density at radius 3 is 2.86 bits per heavy atom. The summed E-state index contributed by atoms with van der Waals surface area (Å²) in [5, 5.41) is 0.130. The van der Waals surface area contributed by atoms with Crippen molar-refractivity contribution in [3.05, 3.63) is 26.9 Å². The molecule has 0 amide bonds. The lowest BCUT2D eigenvalue weighted by Gasteiger charge is -2.16. The number of ether oxygens (including phenoxy) is 1. The maximum absolute atomic E-state index is 13.7. The topological polar surface area (TPSA) is 9.23 Å². The second-order valence-corrected chi connectivity index (χ2v) is 5.23. The quantitative estimate of drug-likeness (QED) is 0.653. The highest BCUT2D eigenvalue weighted by Crippen LogP contribution is 2.42. The molecule has 1 heterocycles. The highest BCUT2D eigenvalue weighted by Gasteiger charge is 2.33. The molecular formula is C10H9BrClFO. The second kappa shape index (κ2) is 3.11. The summed E-state index contributed by atoms with van der Waals surface area (Å²) in [6, 6.07) is 1.72. The summed E-state index contributed by atoms with van der Waals surface area (Å²) in [5.41, 5.74) is 0.232. The van der Waals surface area contributed by atoms with Crippen molar-refractivity contribution in [3.8, 4) is 5.75 Å². The van der Waals surface area contributed by atoms with Crippen molar-refractivity contribution in [1.29, 1.82) is 0 Å². The Bertz CT molecular complexity index is 404. The van der Waals surface area contributed by atoms with Gasteiger partial charge in [-0.3, -0.25) is 0 Å². The van der Waals surface area contributed by atoms with Crippen molar-refractivity contribution in [1.82, 2.24) is 0 Å². The van der Waals surface area contributed by atoms with Crippen molar-refractivity contribution < 1.29 is 9.13 Å². The van der Waals surface area contributed by atoms with E-state index in [0.29, 0.717) is 22.2 Å². The summed E-state index contributed by atoms with van der Waals surface area (Å²) in [5.74, 6) is 0.213. The van der Waals surface area contributed by atoms with Gasteiger partial charge in [-0.1, -0.05) is 11.6 Å². The van der Waals surface area contributed by atoms with E-state index in [-0.39, 0.29) is 16.4 Å². The molecule has 14 heavy (non-hydrogen) atoms. The van der Waals surface area contributed by atoms with Crippen LogP contribution in [0.15, 0.2) is 10.5 Å². The van der Waals surface area contributed by atoms with E-state index in [2.05, 4.69) is 15.9 Å². The first-order valence-electron chi connectivity index (χ1n) is 4.26. The maximum Gasteiger partial charge on any atom is 0.149 e. The second-order valence-electron chi connectivity index (χ2n) is 4.00. The molecule has 0 aliphatic carbocycles. The van der Waals surface area contributed by atoms with Crippen LogP contribution in [-0.2, 0) is 6.42 Å². The van der Waals surface area contributed by atoms with E-state index in [1.807, 2.05) is 13.8 Å². The van der Waals surface area contributed by atoms with E-state index in [4.69, 9.17) is 16.3 Å². The van der Waals surface area contributed by atoms with Gasteiger partial charge in [-0.15, -0.1) is 0 Å². The summed E-state index contributed by atoms with van der Waals surface area (Å²) in [7, 11) is 0. The maximum atomic E-state index is 13.7. The Kier molecular flexibility index (Phi) is 2.27. The molecule has 0 fully saturated rings. The lowest BCUT2D eigenvalue weighted by Crippen LogP contribution is -2.24. The molecule has 0 spiro atoms. The molecule has 0 unspecified atom stereocenters. The van der Waals surface area contributed by atoms with Gasteiger partial charge in [0.2, 0.25) is 0 Å². The Hall–Kier alpha value is -0.280. The molecule has 0 bridgehead atoms. The van der Waals surface area contributed by atoms with Gasteiger partial charge in [-0.25, -0.2) is 4.39 Å². The zero-order valence-corrected chi connectivity index (χ0v) is 10.2. The van der Waals surface area contributed by atoms with Gasteiger partial charge in [0.25, 0.3) is 0 Å². The molecule has 0 saturated heterocycles. The standard InChI is InChI=1S/C10H9BrClFO/c1-10(2)4-5-7(14-10)3-6(11)8(12)9(5)13/h3H,4H2,1-2H3. The van der Waals surface area contributed by atoms with Gasteiger partial charge >= 0.3 is 0 Å². The summed E-state index contributed by atoms with van der Waals surface area (Å²) >= 11 is 8.96. The summed E-state index contributed by atoms with van der Waals surface area (Å²) in [6.45, 7) is 3.85. The highest BCUT2D eigenvalue weighted by molar-refractivity contribution is 9.10. The molecule has 1 aliphatic rings. The van der Waals surface area contributed by atoms with E-state index < -0.39 is 0 Å². The molecule has 1 aliphatic heterocycles. The minimum Gasteiger partial charge on any atom is -0.487 e. The average molecular weight is 280 g/mol. The van der Waals surface area contributed by atoms with Crippen molar-refractivity contribution in [2.24, 2.45) is 0 Å². The fourth-order valence-corrected chi connectivity index (χ4v) is 2.18. The van der Waals surface area contributed by atoms with Gasteiger partial charge < -0.3 is 4.74 Å². The Labute approximate surface area is 95.3 Å².